The molecule has 0 saturated carbocycles. The summed E-state index contributed by atoms with van der Waals surface area (Å²) in [6, 6.07) is 0. The van der Waals surface area contributed by atoms with Crippen LogP contribution in [-0.4, -0.2) is 66.5 Å². The van der Waals surface area contributed by atoms with Crippen LogP contribution in [0.4, 0.5) is 0 Å². The fourth-order valence-corrected chi connectivity index (χ4v) is 677. The molecular formula is C18H54Br4Si10. The first-order chi connectivity index (χ1) is 13.2. The molecule has 0 nitrogen and oxygen atoms in total. The molecule has 0 N–H and O–H groups in total. The average Bonchev–Trinajstić information content (AvgIpc) is 2.25. The summed E-state index contributed by atoms with van der Waals surface area (Å²) in [5, 5.41) is 0. The molecule has 0 aromatic carbocycles. The van der Waals surface area contributed by atoms with Crippen LogP contribution < -0.4 is 0 Å². The molecule has 0 aliphatic rings. The minimum absolute atomic E-state index is 1.44. The van der Waals surface area contributed by atoms with Gasteiger partial charge in [0, 0.05) is 45.5 Å². The lowest BCUT2D eigenvalue weighted by Gasteiger charge is -2.70. The van der Waals surface area contributed by atoms with Gasteiger partial charge in [-0.3, -0.25) is 0 Å². The highest BCUT2D eigenvalue weighted by Gasteiger charge is 2.84. The van der Waals surface area contributed by atoms with Gasteiger partial charge in [0.1, 0.15) is 0 Å². The maximum absolute atomic E-state index is 4.94. The van der Waals surface area contributed by atoms with E-state index < -0.39 is 66.5 Å². The standard InChI is InChI=1S/C18H54Br4Si10/c1-23(2,3)31(24(4,5)6,25(7,8)9)29(19,20)30(21,22)32(26(10,11)12,27(13,14)15)28(16,17)18/h1-18H3. The van der Waals surface area contributed by atoms with E-state index in [1.54, 1.807) is 0 Å². The summed E-state index contributed by atoms with van der Waals surface area (Å²) in [5.74, 6) is 0. The zero-order chi connectivity index (χ0) is 27.0. The maximum Gasteiger partial charge on any atom is 0.196 e. The van der Waals surface area contributed by atoms with Crippen LogP contribution in [0.1, 0.15) is 0 Å². The second-order valence-corrected chi connectivity index (χ2v) is 162. The first kappa shape index (κ1) is 36.1. The van der Waals surface area contributed by atoms with Crippen LogP contribution in [0.25, 0.3) is 0 Å². The average molecular weight is 871 g/mol. The first-order valence-electron chi connectivity index (χ1n) is 12.0. The van der Waals surface area contributed by atoms with Gasteiger partial charge in [-0.15, -0.1) is 61.2 Å². The zero-order valence-electron chi connectivity index (χ0n) is 24.5. The Morgan fingerprint density at radius 3 is 0.406 bits per heavy atom. The lowest BCUT2D eigenvalue weighted by molar-refractivity contribution is 1.75. The van der Waals surface area contributed by atoms with Gasteiger partial charge in [0.15, 0.2) is 8.70 Å². The maximum atomic E-state index is 4.94. The molecule has 0 radical (unpaired) electrons. The monoisotopic (exact) mass is 866 g/mol. The molecule has 0 aliphatic carbocycles. The van der Waals surface area contributed by atoms with Gasteiger partial charge < -0.3 is 0 Å². The third kappa shape index (κ3) is 5.16. The van der Waals surface area contributed by atoms with Crippen LogP contribution >= 0.6 is 61.2 Å². The van der Waals surface area contributed by atoms with Crippen LogP contribution in [0.15, 0.2) is 0 Å². The van der Waals surface area contributed by atoms with Crippen molar-refractivity contribution in [3.63, 3.8) is 0 Å². The van der Waals surface area contributed by atoms with Crippen molar-refractivity contribution in [1.82, 2.24) is 0 Å². The Kier molecular flexibility index (Phi) is 11.2. The molecule has 0 fully saturated rings. The van der Waals surface area contributed by atoms with E-state index >= 15 is 0 Å². The molecule has 0 atom stereocenters. The summed E-state index contributed by atoms with van der Waals surface area (Å²) < 4.78 is -3.99. The largest absolute Gasteiger partial charge is 0.196 e. The topological polar surface area (TPSA) is 0 Å². The van der Waals surface area contributed by atoms with E-state index in [1.165, 1.54) is 0 Å². The summed E-state index contributed by atoms with van der Waals surface area (Å²) in [6.07, 6.45) is -3.30. The van der Waals surface area contributed by atoms with Crippen molar-refractivity contribution in [3.05, 3.63) is 0 Å². The molecule has 194 valence electrons. The van der Waals surface area contributed by atoms with Crippen LogP contribution in [0.5, 0.6) is 0 Å². The highest BCUT2D eigenvalue weighted by atomic mass is 79.9. The van der Waals surface area contributed by atoms with Crippen molar-refractivity contribution in [1.29, 1.82) is 0 Å². The van der Waals surface area contributed by atoms with Crippen LogP contribution in [0.3, 0.4) is 0 Å². The van der Waals surface area contributed by atoms with E-state index in [0.717, 1.165) is 0 Å². The highest BCUT2D eigenvalue weighted by Crippen LogP contribution is 2.61. The quantitative estimate of drug-likeness (QED) is 0.160. The van der Waals surface area contributed by atoms with E-state index in [2.05, 4.69) is 118 Å². The van der Waals surface area contributed by atoms with Gasteiger partial charge >= 0.3 is 0 Å². The Morgan fingerprint density at radius 2 is 0.344 bits per heavy atom. The smallest absolute Gasteiger partial charge is 0.117 e. The summed E-state index contributed by atoms with van der Waals surface area (Å²) in [6.45, 7) is 50.1. The summed E-state index contributed by atoms with van der Waals surface area (Å²) >= 11 is 19.8. The lowest BCUT2D eigenvalue weighted by Crippen LogP contribution is -3.02. The molecular weight excluding hydrogens is 817 g/mol. The fraction of sp³-hybridized carbons (Fsp3) is 1.00. The predicted molar refractivity (Wildman–Crippen MR) is 199 cm³/mol. The van der Waals surface area contributed by atoms with Crippen molar-refractivity contribution in [2.45, 2.75) is 118 Å². The van der Waals surface area contributed by atoms with Gasteiger partial charge in [-0.1, -0.05) is 118 Å². The van der Waals surface area contributed by atoms with Crippen LogP contribution in [0, 0.1) is 0 Å². The Bertz CT molecular complexity index is 551. The summed E-state index contributed by atoms with van der Waals surface area (Å²) in [5.41, 5.74) is 0. The summed E-state index contributed by atoms with van der Waals surface area (Å²) in [4.78, 5) is 0. The molecule has 0 rings (SSSR count). The van der Waals surface area contributed by atoms with Crippen molar-refractivity contribution < 1.29 is 0 Å². The van der Waals surface area contributed by atoms with E-state index in [-0.39, 0.29) is 0 Å². The zero-order valence-corrected chi connectivity index (χ0v) is 40.9. The Morgan fingerprint density at radius 1 is 0.250 bits per heavy atom. The minimum atomic E-state index is -1.99. The molecule has 0 amide bonds. The number of rotatable bonds is 9. The van der Waals surface area contributed by atoms with Gasteiger partial charge in [-0.05, 0) is 0 Å². The predicted octanol–water partition coefficient (Wildman–Crippen LogP) is 10.1. The Labute approximate surface area is 242 Å². The lowest BCUT2D eigenvalue weighted by atomic mass is 11.8. The van der Waals surface area contributed by atoms with Crippen molar-refractivity contribution in [2.24, 2.45) is 0 Å². The third-order valence-corrected chi connectivity index (χ3v) is 358. The molecule has 0 aromatic rings. The molecule has 0 bridgehead atoms. The van der Waals surface area contributed by atoms with Crippen molar-refractivity contribution in [3.8, 4) is 0 Å². The van der Waals surface area contributed by atoms with Crippen molar-refractivity contribution in [2.75, 3.05) is 0 Å². The van der Waals surface area contributed by atoms with Crippen LogP contribution in [-0.2, 0) is 0 Å². The first-order valence-corrected chi connectivity index (χ1v) is 59.0. The van der Waals surface area contributed by atoms with E-state index in [1.807, 2.05) is 0 Å². The minimum Gasteiger partial charge on any atom is -0.117 e. The molecule has 0 aromatic heterocycles. The third-order valence-electron chi connectivity index (χ3n) is 8.09. The molecule has 0 aliphatic heterocycles. The normalized spacial score (nSPS) is 17.1. The number of halogens is 4. The van der Waals surface area contributed by atoms with Crippen molar-refractivity contribution >= 4 is 128 Å². The molecule has 0 spiro atoms. The molecule has 0 unspecified atom stereocenters. The Hall–Kier alpha value is 4.09. The van der Waals surface area contributed by atoms with Gasteiger partial charge in [0.05, 0.1) is 12.3 Å². The van der Waals surface area contributed by atoms with Gasteiger partial charge in [-0.25, -0.2) is 0 Å². The molecule has 14 heteroatoms. The fourth-order valence-electron chi connectivity index (χ4n) is 10.0. The Balaban J connectivity index is 8.24. The van der Waals surface area contributed by atoms with Gasteiger partial charge in [-0.2, -0.15) is 0 Å². The van der Waals surface area contributed by atoms with Gasteiger partial charge in [0.25, 0.3) is 0 Å². The van der Waals surface area contributed by atoms with E-state index in [0.29, 0.717) is 0 Å². The molecule has 0 saturated heterocycles. The van der Waals surface area contributed by atoms with E-state index in [4.69, 9.17) is 61.2 Å². The molecule has 0 heterocycles. The SMILES string of the molecule is C[Si](C)(C)[Si]([Si](C)(C)C)([Si](C)(C)C)[Si](Br)(Br)[Si](Br)(Br)[Si]([Si](C)(C)C)([Si](C)(C)C)[Si](C)(C)C. The van der Waals surface area contributed by atoms with Crippen LogP contribution in [0.2, 0.25) is 118 Å². The molecule has 32 heavy (non-hydrogen) atoms. The van der Waals surface area contributed by atoms with E-state index in [9.17, 15) is 0 Å². The second-order valence-electron chi connectivity index (χ2n) is 16.1. The second kappa shape index (κ2) is 9.93. The van der Waals surface area contributed by atoms with Gasteiger partial charge in [0.2, 0.25) is 0 Å². The number of hydrogen-bond donors (Lipinski definition) is 0. The highest BCUT2D eigenvalue weighted by molar-refractivity contribution is 9.70. The summed E-state index contributed by atoms with van der Waals surface area (Å²) in [7, 11) is -8.61. The number of hydrogen-bond acceptors (Lipinski definition) is 0.